The van der Waals surface area contributed by atoms with Gasteiger partial charge in [-0.3, -0.25) is 0 Å². The average molecular weight is 268 g/mol. The quantitative estimate of drug-likeness (QED) is 0.760. The SMILES string of the molecule is O=C(O)c1ccc2c(NCc3ccco3)nccc2c1. The summed E-state index contributed by atoms with van der Waals surface area (Å²) in [6.45, 7) is 0.528. The van der Waals surface area contributed by atoms with Crippen molar-refractivity contribution in [3.63, 3.8) is 0 Å². The molecular formula is C15H12N2O3. The van der Waals surface area contributed by atoms with E-state index in [0.29, 0.717) is 12.4 Å². The first-order chi connectivity index (χ1) is 9.74. The number of carboxylic acids is 1. The number of benzene rings is 1. The van der Waals surface area contributed by atoms with Crippen LogP contribution in [-0.2, 0) is 6.54 Å². The lowest BCUT2D eigenvalue weighted by molar-refractivity contribution is 0.0697. The molecule has 0 aliphatic rings. The van der Waals surface area contributed by atoms with Crippen molar-refractivity contribution >= 4 is 22.6 Å². The highest BCUT2D eigenvalue weighted by atomic mass is 16.4. The fraction of sp³-hybridized carbons (Fsp3) is 0.0667. The van der Waals surface area contributed by atoms with Gasteiger partial charge in [0.1, 0.15) is 11.6 Å². The number of nitrogens with one attached hydrogen (secondary N) is 1. The first-order valence-electron chi connectivity index (χ1n) is 6.12. The largest absolute Gasteiger partial charge is 0.478 e. The number of aromatic carboxylic acids is 1. The van der Waals surface area contributed by atoms with Gasteiger partial charge in [0, 0.05) is 11.6 Å². The van der Waals surface area contributed by atoms with Crippen molar-refractivity contribution in [3.05, 3.63) is 60.2 Å². The van der Waals surface area contributed by atoms with Crippen molar-refractivity contribution in [1.29, 1.82) is 0 Å². The number of hydrogen-bond acceptors (Lipinski definition) is 4. The molecule has 0 aliphatic heterocycles. The molecule has 2 N–H and O–H groups in total. The molecule has 0 saturated heterocycles. The van der Waals surface area contributed by atoms with Crippen LogP contribution in [0.5, 0.6) is 0 Å². The Hall–Kier alpha value is -2.82. The molecular weight excluding hydrogens is 256 g/mol. The molecule has 2 heterocycles. The Balaban J connectivity index is 1.93. The molecule has 1 aromatic carbocycles. The van der Waals surface area contributed by atoms with E-state index in [4.69, 9.17) is 9.52 Å². The average Bonchev–Trinajstić information content (AvgIpc) is 2.97. The predicted molar refractivity (Wildman–Crippen MR) is 74.7 cm³/mol. The molecule has 0 aliphatic carbocycles. The summed E-state index contributed by atoms with van der Waals surface area (Å²) < 4.78 is 5.25. The maximum atomic E-state index is 11.0. The molecule has 0 saturated carbocycles. The number of carboxylic acid groups (broad SMARTS) is 1. The second-order valence-corrected chi connectivity index (χ2v) is 4.33. The van der Waals surface area contributed by atoms with Gasteiger partial charge in [-0.05, 0) is 41.8 Å². The van der Waals surface area contributed by atoms with E-state index >= 15 is 0 Å². The van der Waals surface area contributed by atoms with E-state index in [0.717, 1.165) is 16.5 Å². The highest BCUT2D eigenvalue weighted by Gasteiger charge is 2.07. The molecule has 5 heteroatoms. The van der Waals surface area contributed by atoms with Crippen LogP contribution in [0.4, 0.5) is 5.82 Å². The minimum Gasteiger partial charge on any atom is -0.478 e. The Morgan fingerprint density at radius 1 is 1.30 bits per heavy atom. The third-order valence-corrected chi connectivity index (χ3v) is 3.02. The first kappa shape index (κ1) is 12.2. The summed E-state index contributed by atoms with van der Waals surface area (Å²) in [5, 5.41) is 13.9. The molecule has 0 atom stereocenters. The Bertz CT molecular complexity index is 751. The van der Waals surface area contributed by atoms with Gasteiger partial charge in [-0.15, -0.1) is 0 Å². The van der Waals surface area contributed by atoms with Crippen molar-refractivity contribution < 1.29 is 14.3 Å². The summed E-state index contributed by atoms with van der Waals surface area (Å²) in [6, 6.07) is 10.5. The number of anilines is 1. The van der Waals surface area contributed by atoms with Crippen LogP contribution in [0.3, 0.4) is 0 Å². The van der Waals surface area contributed by atoms with Crippen LogP contribution < -0.4 is 5.32 Å². The minimum atomic E-state index is -0.936. The van der Waals surface area contributed by atoms with Crippen molar-refractivity contribution in [2.24, 2.45) is 0 Å². The number of rotatable bonds is 4. The van der Waals surface area contributed by atoms with Crippen LogP contribution in [0, 0.1) is 0 Å². The van der Waals surface area contributed by atoms with Crippen LogP contribution in [-0.4, -0.2) is 16.1 Å². The number of pyridine rings is 1. The van der Waals surface area contributed by atoms with Gasteiger partial charge >= 0.3 is 5.97 Å². The van der Waals surface area contributed by atoms with Crippen molar-refractivity contribution in [2.75, 3.05) is 5.32 Å². The van der Waals surface area contributed by atoms with Gasteiger partial charge in [0.2, 0.25) is 0 Å². The second-order valence-electron chi connectivity index (χ2n) is 4.33. The zero-order valence-corrected chi connectivity index (χ0v) is 10.5. The summed E-state index contributed by atoms with van der Waals surface area (Å²) in [6.07, 6.45) is 3.27. The van der Waals surface area contributed by atoms with Crippen LogP contribution in [0.25, 0.3) is 10.8 Å². The Labute approximate surface area is 114 Å². The minimum absolute atomic E-state index is 0.265. The van der Waals surface area contributed by atoms with Gasteiger partial charge in [-0.2, -0.15) is 0 Å². The zero-order valence-electron chi connectivity index (χ0n) is 10.5. The molecule has 0 spiro atoms. The lowest BCUT2D eigenvalue weighted by Crippen LogP contribution is -2.01. The monoisotopic (exact) mass is 268 g/mol. The van der Waals surface area contributed by atoms with Crippen LogP contribution in [0.15, 0.2) is 53.3 Å². The predicted octanol–water partition coefficient (Wildman–Crippen LogP) is 3.14. The van der Waals surface area contributed by atoms with Gasteiger partial charge in [0.15, 0.2) is 0 Å². The first-order valence-corrected chi connectivity index (χ1v) is 6.12. The van der Waals surface area contributed by atoms with E-state index in [-0.39, 0.29) is 5.56 Å². The van der Waals surface area contributed by atoms with Gasteiger partial charge in [-0.25, -0.2) is 9.78 Å². The normalized spacial score (nSPS) is 10.6. The maximum absolute atomic E-state index is 11.0. The van der Waals surface area contributed by atoms with E-state index in [1.54, 1.807) is 36.7 Å². The third-order valence-electron chi connectivity index (χ3n) is 3.02. The van der Waals surface area contributed by atoms with E-state index < -0.39 is 5.97 Å². The van der Waals surface area contributed by atoms with E-state index in [2.05, 4.69) is 10.3 Å². The Morgan fingerprint density at radius 2 is 2.20 bits per heavy atom. The summed E-state index contributed by atoms with van der Waals surface area (Å²) in [4.78, 5) is 15.2. The molecule has 0 bridgehead atoms. The summed E-state index contributed by atoms with van der Waals surface area (Å²) >= 11 is 0. The smallest absolute Gasteiger partial charge is 0.335 e. The Kier molecular flexibility index (Phi) is 3.09. The number of hydrogen-bond donors (Lipinski definition) is 2. The summed E-state index contributed by atoms with van der Waals surface area (Å²) in [5.41, 5.74) is 0.265. The molecule has 3 aromatic rings. The molecule has 5 nitrogen and oxygen atoms in total. The van der Waals surface area contributed by atoms with Crippen LogP contribution in [0.2, 0.25) is 0 Å². The second kappa shape index (κ2) is 5.05. The number of carbonyl (C=O) groups is 1. The van der Waals surface area contributed by atoms with E-state index in [1.165, 1.54) is 0 Å². The van der Waals surface area contributed by atoms with E-state index in [9.17, 15) is 4.79 Å². The standard InChI is InChI=1S/C15H12N2O3/c18-15(19)11-3-4-13-10(8-11)5-6-16-14(13)17-9-12-2-1-7-20-12/h1-8H,9H2,(H,16,17)(H,18,19). The summed E-state index contributed by atoms with van der Waals surface area (Å²) in [7, 11) is 0. The molecule has 0 radical (unpaired) electrons. The lowest BCUT2D eigenvalue weighted by atomic mass is 10.1. The van der Waals surface area contributed by atoms with Gasteiger partial charge in [0.05, 0.1) is 18.4 Å². The van der Waals surface area contributed by atoms with Crippen LogP contribution >= 0.6 is 0 Å². The van der Waals surface area contributed by atoms with Gasteiger partial charge < -0.3 is 14.8 Å². The van der Waals surface area contributed by atoms with Gasteiger partial charge in [0.25, 0.3) is 0 Å². The van der Waals surface area contributed by atoms with Crippen molar-refractivity contribution in [3.8, 4) is 0 Å². The third kappa shape index (κ3) is 2.33. The van der Waals surface area contributed by atoms with E-state index in [1.807, 2.05) is 12.1 Å². The van der Waals surface area contributed by atoms with Crippen LogP contribution in [0.1, 0.15) is 16.1 Å². The van der Waals surface area contributed by atoms with Crippen molar-refractivity contribution in [1.82, 2.24) is 4.98 Å². The fourth-order valence-corrected chi connectivity index (χ4v) is 2.04. The number of nitrogens with zero attached hydrogens (tertiary/aromatic N) is 1. The molecule has 3 rings (SSSR count). The molecule has 2 aromatic heterocycles. The number of furan rings is 1. The number of fused-ring (bicyclic) bond motifs is 1. The van der Waals surface area contributed by atoms with Crippen molar-refractivity contribution in [2.45, 2.75) is 6.54 Å². The highest BCUT2D eigenvalue weighted by molar-refractivity contribution is 5.98. The number of aromatic nitrogens is 1. The topological polar surface area (TPSA) is 75.4 Å². The summed E-state index contributed by atoms with van der Waals surface area (Å²) in [5.74, 6) is 0.579. The Morgan fingerprint density at radius 3 is 2.95 bits per heavy atom. The molecule has 0 unspecified atom stereocenters. The highest BCUT2D eigenvalue weighted by Crippen LogP contribution is 2.22. The lowest BCUT2D eigenvalue weighted by Gasteiger charge is -2.08. The molecule has 20 heavy (non-hydrogen) atoms. The van der Waals surface area contributed by atoms with Gasteiger partial charge in [-0.1, -0.05) is 0 Å². The molecule has 0 amide bonds. The fourth-order valence-electron chi connectivity index (χ4n) is 2.04. The maximum Gasteiger partial charge on any atom is 0.335 e. The molecule has 0 fully saturated rings. The zero-order chi connectivity index (χ0) is 13.9. The molecule has 100 valence electrons.